The molecule has 1 saturated carbocycles. The van der Waals surface area contributed by atoms with E-state index in [2.05, 4.69) is 26.0 Å². The third-order valence-corrected chi connectivity index (χ3v) is 4.05. The SMILES string of the molecule is CC(C)C1CCC(O)C(OCc2ccccc2)C1. The van der Waals surface area contributed by atoms with Gasteiger partial charge in [0.05, 0.1) is 18.8 Å². The molecule has 0 amide bonds. The van der Waals surface area contributed by atoms with Gasteiger partial charge in [0.1, 0.15) is 0 Å². The normalized spacial score (nSPS) is 28.6. The highest BCUT2D eigenvalue weighted by Crippen LogP contribution is 2.32. The second kappa shape index (κ2) is 6.35. The molecule has 0 heterocycles. The van der Waals surface area contributed by atoms with Crippen LogP contribution in [0.5, 0.6) is 0 Å². The zero-order chi connectivity index (χ0) is 13.0. The molecule has 1 aromatic carbocycles. The fourth-order valence-corrected chi connectivity index (χ4v) is 2.71. The van der Waals surface area contributed by atoms with Gasteiger partial charge in [0.15, 0.2) is 0 Å². The van der Waals surface area contributed by atoms with Gasteiger partial charge >= 0.3 is 0 Å². The lowest BCUT2D eigenvalue weighted by molar-refractivity contribution is -0.0830. The molecule has 3 atom stereocenters. The Morgan fingerprint density at radius 1 is 1.22 bits per heavy atom. The molecular weight excluding hydrogens is 224 g/mol. The Bertz CT molecular complexity index is 347. The molecule has 3 unspecified atom stereocenters. The lowest BCUT2D eigenvalue weighted by Gasteiger charge is -2.35. The van der Waals surface area contributed by atoms with Crippen LogP contribution in [-0.4, -0.2) is 17.3 Å². The number of benzene rings is 1. The Morgan fingerprint density at radius 3 is 2.61 bits per heavy atom. The molecule has 1 N–H and O–H groups in total. The predicted molar refractivity (Wildman–Crippen MR) is 73.2 cm³/mol. The summed E-state index contributed by atoms with van der Waals surface area (Å²) in [7, 11) is 0. The first-order chi connectivity index (χ1) is 8.66. The molecule has 100 valence electrons. The molecule has 0 radical (unpaired) electrons. The van der Waals surface area contributed by atoms with Crippen LogP contribution in [0.2, 0.25) is 0 Å². The molecule has 2 nitrogen and oxygen atoms in total. The molecule has 1 fully saturated rings. The molecule has 2 heteroatoms. The zero-order valence-electron chi connectivity index (χ0n) is 11.4. The van der Waals surface area contributed by atoms with Crippen LogP contribution < -0.4 is 0 Å². The minimum atomic E-state index is -0.288. The first-order valence-electron chi connectivity index (χ1n) is 7.00. The van der Waals surface area contributed by atoms with Crippen LogP contribution in [0.4, 0.5) is 0 Å². The van der Waals surface area contributed by atoms with Gasteiger partial charge < -0.3 is 9.84 Å². The van der Waals surface area contributed by atoms with Gasteiger partial charge in [0, 0.05) is 0 Å². The van der Waals surface area contributed by atoms with Crippen molar-refractivity contribution in [2.75, 3.05) is 0 Å². The van der Waals surface area contributed by atoms with E-state index >= 15 is 0 Å². The maximum Gasteiger partial charge on any atom is 0.0841 e. The topological polar surface area (TPSA) is 29.5 Å². The highest BCUT2D eigenvalue weighted by Gasteiger charge is 2.31. The van der Waals surface area contributed by atoms with Crippen LogP contribution in [0.25, 0.3) is 0 Å². The van der Waals surface area contributed by atoms with Gasteiger partial charge in [-0.15, -0.1) is 0 Å². The van der Waals surface area contributed by atoms with E-state index < -0.39 is 0 Å². The highest BCUT2D eigenvalue weighted by molar-refractivity contribution is 5.13. The van der Waals surface area contributed by atoms with Gasteiger partial charge in [-0.3, -0.25) is 0 Å². The summed E-state index contributed by atoms with van der Waals surface area (Å²) in [6.07, 6.45) is 2.72. The van der Waals surface area contributed by atoms with Crippen molar-refractivity contribution in [1.82, 2.24) is 0 Å². The smallest absolute Gasteiger partial charge is 0.0841 e. The molecule has 1 aliphatic carbocycles. The summed E-state index contributed by atoms with van der Waals surface area (Å²) in [6.45, 7) is 5.13. The minimum Gasteiger partial charge on any atom is -0.390 e. The van der Waals surface area contributed by atoms with Gasteiger partial charge in [-0.25, -0.2) is 0 Å². The van der Waals surface area contributed by atoms with Gasteiger partial charge in [-0.2, -0.15) is 0 Å². The van der Waals surface area contributed by atoms with Crippen LogP contribution in [-0.2, 0) is 11.3 Å². The summed E-state index contributed by atoms with van der Waals surface area (Å²) in [4.78, 5) is 0. The van der Waals surface area contributed by atoms with Crippen LogP contribution in [0.1, 0.15) is 38.7 Å². The third-order valence-electron chi connectivity index (χ3n) is 4.05. The lowest BCUT2D eigenvalue weighted by Crippen LogP contribution is -2.37. The summed E-state index contributed by atoms with van der Waals surface area (Å²) >= 11 is 0. The Kier molecular flexibility index (Phi) is 4.79. The van der Waals surface area contributed by atoms with E-state index in [0.29, 0.717) is 18.4 Å². The molecule has 0 bridgehead atoms. The first kappa shape index (κ1) is 13.6. The molecular formula is C16H24O2. The van der Waals surface area contributed by atoms with E-state index in [9.17, 15) is 5.11 Å². The van der Waals surface area contributed by atoms with Crippen LogP contribution in [0.15, 0.2) is 30.3 Å². The molecule has 1 aliphatic rings. The minimum absolute atomic E-state index is 0.00589. The molecule has 18 heavy (non-hydrogen) atoms. The zero-order valence-corrected chi connectivity index (χ0v) is 11.4. The largest absolute Gasteiger partial charge is 0.390 e. The number of aliphatic hydroxyl groups is 1. The van der Waals surface area contributed by atoms with Gasteiger partial charge in [-0.1, -0.05) is 44.2 Å². The van der Waals surface area contributed by atoms with Crippen molar-refractivity contribution >= 4 is 0 Å². The van der Waals surface area contributed by atoms with Crippen molar-refractivity contribution in [3.63, 3.8) is 0 Å². The van der Waals surface area contributed by atoms with Crippen molar-refractivity contribution in [2.24, 2.45) is 11.8 Å². The Balaban J connectivity index is 1.87. The number of hydrogen-bond acceptors (Lipinski definition) is 2. The van der Waals surface area contributed by atoms with E-state index in [1.807, 2.05) is 18.2 Å². The Labute approximate surface area is 110 Å². The average molecular weight is 248 g/mol. The van der Waals surface area contributed by atoms with E-state index in [1.165, 1.54) is 5.56 Å². The Hall–Kier alpha value is -0.860. The summed E-state index contributed by atoms with van der Waals surface area (Å²) in [5.74, 6) is 1.37. The molecule has 0 aliphatic heterocycles. The number of ether oxygens (including phenoxy) is 1. The maximum absolute atomic E-state index is 10.0. The molecule has 2 rings (SSSR count). The molecule has 1 aromatic rings. The second-order valence-electron chi connectivity index (χ2n) is 5.72. The fourth-order valence-electron chi connectivity index (χ4n) is 2.71. The van der Waals surface area contributed by atoms with Gasteiger partial charge in [-0.05, 0) is 36.7 Å². The second-order valence-corrected chi connectivity index (χ2v) is 5.72. The average Bonchev–Trinajstić information content (AvgIpc) is 2.38. The lowest BCUT2D eigenvalue weighted by atomic mass is 9.79. The van der Waals surface area contributed by atoms with Crippen molar-refractivity contribution in [3.8, 4) is 0 Å². The predicted octanol–water partition coefficient (Wildman–Crippen LogP) is 3.39. The number of aliphatic hydroxyl groups excluding tert-OH is 1. The van der Waals surface area contributed by atoms with Crippen molar-refractivity contribution in [2.45, 2.75) is 51.9 Å². The molecule has 0 saturated heterocycles. The summed E-state index contributed by atoms with van der Waals surface area (Å²) in [6, 6.07) is 10.2. The van der Waals surface area contributed by atoms with Crippen LogP contribution >= 0.6 is 0 Å². The molecule has 0 spiro atoms. The third kappa shape index (κ3) is 3.56. The number of hydrogen-bond donors (Lipinski definition) is 1. The monoisotopic (exact) mass is 248 g/mol. The van der Waals surface area contributed by atoms with Crippen LogP contribution in [0, 0.1) is 11.8 Å². The first-order valence-corrected chi connectivity index (χ1v) is 7.00. The van der Waals surface area contributed by atoms with E-state index in [4.69, 9.17) is 4.74 Å². The van der Waals surface area contributed by atoms with Gasteiger partial charge in [0.2, 0.25) is 0 Å². The summed E-state index contributed by atoms with van der Waals surface area (Å²) < 4.78 is 5.91. The highest BCUT2D eigenvalue weighted by atomic mass is 16.5. The van der Waals surface area contributed by atoms with Crippen LogP contribution in [0.3, 0.4) is 0 Å². The summed E-state index contributed by atoms with van der Waals surface area (Å²) in [5.41, 5.74) is 1.18. The van der Waals surface area contributed by atoms with Crippen molar-refractivity contribution < 1.29 is 9.84 Å². The molecule has 0 aromatic heterocycles. The Morgan fingerprint density at radius 2 is 1.94 bits per heavy atom. The van der Waals surface area contributed by atoms with E-state index in [-0.39, 0.29) is 12.2 Å². The number of rotatable bonds is 4. The van der Waals surface area contributed by atoms with Crippen molar-refractivity contribution in [1.29, 1.82) is 0 Å². The summed E-state index contributed by atoms with van der Waals surface area (Å²) in [5, 5.41) is 10.0. The van der Waals surface area contributed by atoms with E-state index in [1.54, 1.807) is 0 Å². The van der Waals surface area contributed by atoms with E-state index in [0.717, 1.165) is 19.3 Å². The van der Waals surface area contributed by atoms with Gasteiger partial charge in [0.25, 0.3) is 0 Å². The standard InChI is InChI=1S/C16H24O2/c1-12(2)14-8-9-15(17)16(10-14)18-11-13-6-4-3-5-7-13/h3-7,12,14-17H,8-11H2,1-2H3. The maximum atomic E-state index is 10.0. The van der Waals surface area contributed by atoms with Crippen molar-refractivity contribution in [3.05, 3.63) is 35.9 Å². The quantitative estimate of drug-likeness (QED) is 0.885. The fraction of sp³-hybridized carbons (Fsp3) is 0.625.